The molecule has 3 heterocycles. The van der Waals surface area contributed by atoms with Gasteiger partial charge >= 0.3 is 0 Å². The van der Waals surface area contributed by atoms with Crippen molar-refractivity contribution in [2.75, 3.05) is 18.6 Å². The smallest absolute Gasteiger partial charge is 0.213 e. The van der Waals surface area contributed by atoms with Gasteiger partial charge in [0.2, 0.25) is 5.88 Å². The average molecular weight is 303 g/mol. The SMILES string of the molecule is COc1ccc2ncc3c(c2n1)C=CCN3Cc1ccccc1. The third-order valence-electron chi connectivity index (χ3n) is 4.08. The van der Waals surface area contributed by atoms with Crippen molar-refractivity contribution in [1.82, 2.24) is 9.97 Å². The van der Waals surface area contributed by atoms with Crippen LogP contribution in [0.3, 0.4) is 0 Å². The lowest BCUT2D eigenvalue weighted by molar-refractivity contribution is 0.399. The highest BCUT2D eigenvalue weighted by Crippen LogP contribution is 2.32. The zero-order valence-electron chi connectivity index (χ0n) is 12.9. The van der Waals surface area contributed by atoms with Crippen LogP contribution in [0.4, 0.5) is 5.69 Å². The number of benzene rings is 1. The first-order valence-electron chi connectivity index (χ1n) is 7.64. The van der Waals surface area contributed by atoms with E-state index in [1.807, 2.05) is 24.4 Å². The molecule has 0 spiro atoms. The largest absolute Gasteiger partial charge is 0.481 e. The molecule has 0 saturated carbocycles. The maximum absolute atomic E-state index is 5.26. The highest BCUT2D eigenvalue weighted by molar-refractivity contribution is 5.91. The molecule has 0 fully saturated rings. The number of ether oxygens (including phenoxy) is 1. The fourth-order valence-electron chi connectivity index (χ4n) is 2.94. The lowest BCUT2D eigenvalue weighted by atomic mass is 10.1. The third-order valence-corrected chi connectivity index (χ3v) is 4.08. The number of hydrogen-bond acceptors (Lipinski definition) is 4. The minimum absolute atomic E-state index is 0.612. The van der Waals surface area contributed by atoms with E-state index in [1.54, 1.807) is 7.11 Å². The Kier molecular flexibility index (Phi) is 3.42. The zero-order valence-corrected chi connectivity index (χ0v) is 12.9. The molecule has 3 aromatic rings. The van der Waals surface area contributed by atoms with Crippen molar-refractivity contribution in [3.8, 4) is 5.88 Å². The van der Waals surface area contributed by atoms with Crippen molar-refractivity contribution < 1.29 is 4.74 Å². The molecule has 0 atom stereocenters. The maximum Gasteiger partial charge on any atom is 0.213 e. The molecule has 0 saturated heterocycles. The lowest BCUT2D eigenvalue weighted by Crippen LogP contribution is -2.25. The predicted molar refractivity (Wildman–Crippen MR) is 92.6 cm³/mol. The van der Waals surface area contributed by atoms with Gasteiger partial charge < -0.3 is 9.64 Å². The average Bonchev–Trinajstić information content (AvgIpc) is 2.62. The number of methoxy groups -OCH3 is 1. The molecule has 1 aliphatic rings. The first kappa shape index (κ1) is 13.8. The number of anilines is 1. The Morgan fingerprint density at radius 3 is 2.83 bits per heavy atom. The summed E-state index contributed by atoms with van der Waals surface area (Å²) in [4.78, 5) is 11.5. The van der Waals surface area contributed by atoms with Crippen LogP contribution in [-0.2, 0) is 6.54 Å². The fraction of sp³-hybridized carbons (Fsp3) is 0.158. The van der Waals surface area contributed by atoms with Crippen molar-refractivity contribution in [1.29, 1.82) is 0 Å². The van der Waals surface area contributed by atoms with E-state index in [-0.39, 0.29) is 0 Å². The molecule has 1 aromatic carbocycles. The second-order valence-corrected chi connectivity index (χ2v) is 5.55. The molecule has 0 aliphatic carbocycles. The quantitative estimate of drug-likeness (QED) is 0.740. The van der Waals surface area contributed by atoms with Crippen LogP contribution in [0.5, 0.6) is 5.88 Å². The second-order valence-electron chi connectivity index (χ2n) is 5.55. The van der Waals surface area contributed by atoms with E-state index in [2.05, 4.69) is 51.3 Å². The summed E-state index contributed by atoms with van der Waals surface area (Å²) in [7, 11) is 1.63. The number of rotatable bonds is 3. The van der Waals surface area contributed by atoms with Gasteiger partial charge in [-0.1, -0.05) is 42.5 Å². The van der Waals surface area contributed by atoms with E-state index in [0.717, 1.165) is 35.4 Å². The Bertz CT molecular complexity index is 874. The van der Waals surface area contributed by atoms with Crippen molar-refractivity contribution in [3.05, 3.63) is 65.9 Å². The van der Waals surface area contributed by atoms with Crippen molar-refractivity contribution >= 4 is 22.8 Å². The summed E-state index contributed by atoms with van der Waals surface area (Å²) in [5.74, 6) is 0.612. The van der Waals surface area contributed by atoms with Crippen LogP contribution in [0.25, 0.3) is 17.1 Å². The number of pyridine rings is 2. The molecule has 0 unspecified atom stereocenters. The van der Waals surface area contributed by atoms with Crippen molar-refractivity contribution in [2.45, 2.75) is 6.54 Å². The molecule has 0 N–H and O–H groups in total. The van der Waals surface area contributed by atoms with Crippen LogP contribution >= 0.6 is 0 Å². The summed E-state index contributed by atoms with van der Waals surface area (Å²) in [5, 5.41) is 0. The first-order chi connectivity index (χ1) is 11.3. The van der Waals surface area contributed by atoms with Crippen LogP contribution in [-0.4, -0.2) is 23.6 Å². The summed E-state index contributed by atoms with van der Waals surface area (Å²) >= 11 is 0. The fourth-order valence-corrected chi connectivity index (χ4v) is 2.94. The van der Waals surface area contributed by atoms with E-state index in [9.17, 15) is 0 Å². The van der Waals surface area contributed by atoms with Gasteiger partial charge in [-0.2, -0.15) is 0 Å². The van der Waals surface area contributed by atoms with Gasteiger partial charge in [0.1, 0.15) is 5.52 Å². The Labute approximate surface area is 135 Å². The van der Waals surface area contributed by atoms with Gasteiger partial charge in [0.15, 0.2) is 0 Å². The molecule has 23 heavy (non-hydrogen) atoms. The van der Waals surface area contributed by atoms with E-state index < -0.39 is 0 Å². The van der Waals surface area contributed by atoms with Crippen molar-refractivity contribution in [3.63, 3.8) is 0 Å². The van der Waals surface area contributed by atoms with Crippen LogP contribution in [0.1, 0.15) is 11.1 Å². The minimum Gasteiger partial charge on any atom is -0.481 e. The van der Waals surface area contributed by atoms with Gasteiger partial charge in [-0.15, -0.1) is 0 Å². The molecule has 0 amide bonds. The van der Waals surface area contributed by atoms with Gasteiger partial charge in [-0.05, 0) is 11.6 Å². The Morgan fingerprint density at radius 2 is 2.00 bits per heavy atom. The monoisotopic (exact) mass is 303 g/mol. The molecule has 0 bridgehead atoms. The molecule has 4 heteroatoms. The Morgan fingerprint density at radius 1 is 1.13 bits per heavy atom. The van der Waals surface area contributed by atoms with Gasteiger partial charge in [0.05, 0.1) is 24.5 Å². The maximum atomic E-state index is 5.26. The van der Waals surface area contributed by atoms with Crippen LogP contribution in [0, 0.1) is 0 Å². The summed E-state index contributed by atoms with van der Waals surface area (Å²) in [6.45, 7) is 1.73. The van der Waals surface area contributed by atoms with Crippen LogP contribution < -0.4 is 9.64 Å². The minimum atomic E-state index is 0.612. The molecular weight excluding hydrogens is 286 g/mol. The molecule has 2 aromatic heterocycles. The van der Waals surface area contributed by atoms with Gasteiger partial charge in [-0.25, -0.2) is 4.98 Å². The topological polar surface area (TPSA) is 38.3 Å². The predicted octanol–water partition coefficient (Wildman–Crippen LogP) is 3.67. The van der Waals surface area contributed by atoms with Crippen molar-refractivity contribution in [2.24, 2.45) is 0 Å². The molecule has 0 radical (unpaired) electrons. The Hall–Kier alpha value is -2.88. The van der Waals surface area contributed by atoms with Gasteiger partial charge in [-0.3, -0.25) is 4.98 Å². The van der Waals surface area contributed by atoms with E-state index >= 15 is 0 Å². The molecule has 4 nitrogen and oxygen atoms in total. The highest BCUT2D eigenvalue weighted by atomic mass is 16.5. The number of aromatic nitrogens is 2. The molecule has 4 rings (SSSR count). The highest BCUT2D eigenvalue weighted by Gasteiger charge is 2.17. The molecule has 114 valence electrons. The van der Waals surface area contributed by atoms with Crippen LogP contribution in [0.15, 0.2) is 54.7 Å². The first-order valence-corrected chi connectivity index (χ1v) is 7.64. The number of hydrogen-bond donors (Lipinski definition) is 0. The second kappa shape index (κ2) is 5.72. The van der Waals surface area contributed by atoms with E-state index in [1.165, 1.54) is 5.56 Å². The molecule has 1 aliphatic heterocycles. The Balaban J connectivity index is 1.79. The van der Waals surface area contributed by atoms with E-state index in [4.69, 9.17) is 4.74 Å². The zero-order chi connectivity index (χ0) is 15.6. The summed E-state index contributed by atoms with van der Waals surface area (Å²) in [6, 6.07) is 14.3. The lowest BCUT2D eigenvalue weighted by Gasteiger charge is -2.28. The van der Waals surface area contributed by atoms with Crippen LogP contribution in [0.2, 0.25) is 0 Å². The van der Waals surface area contributed by atoms with E-state index in [0.29, 0.717) is 5.88 Å². The summed E-state index contributed by atoms with van der Waals surface area (Å²) < 4.78 is 5.26. The standard InChI is InChI=1S/C19H17N3O/c1-23-18-10-9-16-19(21-18)15-8-5-11-22(17(15)12-20-16)13-14-6-3-2-4-7-14/h2-10,12H,11,13H2,1H3. The normalized spacial score (nSPS) is 13.2. The molecular formula is C19H17N3O. The van der Waals surface area contributed by atoms with Gasteiger partial charge in [0.25, 0.3) is 0 Å². The summed E-state index contributed by atoms with van der Waals surface area (Å²) in [6.07, 6.45) is 6.25. The number of fused-ring (bicyclic) bond motifs is 3. The number of nitrogens with zero attached hydrogens (tertiary/aromatic N) is 3. The third kappa shape index (κ3) is 2.52. The summed E-state index contributed by atoms with van der Waals surface area (Å²) in [5.41, 5.74) is 5.28. The van der Waals surface area contributed by atoms with Gasteiger partial charge in [0, 0.05) is 24.7 Å².